The van der Waals surface area contributed by atoms with E-state index in [1.807, 2.05) is 31.2 Å². The molecule has 112 valence electrons. The molecule has 0 N–H and O–H groups in total. The molecule has 22 heavy (non-hydrogen) atoms. The Morgan fingerprint density at radius 1 is 1.05 bits per heavy atom. The lowest BCUT2D eigenvalue weighted by Gasteiger charge is -2.05. The summed E-state index contributed by atoms with van der Waals surface area (Å²) in [5.41, 5.74) is 3.22. The molecule has 0 fully saturated rings. The molecule has 0 aliphatic heterocycles. The van der Waals surface area contributed by atoms with Crippen molar-refractivity contribution in [2.24, 2.45) is 0 Å². The van der Waals surface area contributed by atoms with E-state index in [1.54, 1.807) is 26.4 Å². The summed E-state index contributed by atoms with van der Waals surface area (Å²) in [7, 11) is 3.20. The fourth-order valence-electron chi connectivity index (χ4n) is 2.54. The zero-order valence-corrected chi connectivity index (χ0v) is 12.7. The van der Waals surface area contributed by atoms with Crippen molar-refractivity contribution in [3.8, 4) is 22.8 Å². The Balaban J connectivity index is 2.18. The maximum Gasteiger partial charge on any atom is 0.176 e. The Labute approximate surface area is 128 Å². The molecule has 2 aromatic carbocycles. The van der Waals surface area contributed by atoms with Crippen LogP contribution in [0.15, 0.2) is 40.8 Å². The van der Waals surface area contributed by atoms with E-state index >= 15 is 0 Å². The Kier molecular flexibility index (Phi) is 3.59. The van der Waals surface area contributed by atoms with Crippen molar-refractivity contribution in [1.29, 1.82) is 0 Å². The molecular weight excluding hydrogens is 280 g/mol. The molecule has 0 atom stereocenters. The molecule has 0 saturated carbocycles. The quantitative estimate of drug-likeness (QED) is 0.676. The second-order valence-electron chi connectivity index (χ2n) is 5.05. The minimum absolute atomic E-state index is 0.553. The van der Waals surface area contributed by atoms with Crippen LogP contribution >= 0.6 is 0 Å². The fraction of sp³-hybridized carbons (Fsp3) is 0.167. The van der Waals surface area contributed by atoms with Crippen molar-refractivity contribution < 1.29 is 18.7 Å². The van der Waals surface area contributed by atoms with Crippen LogP contribution in [0.2, 0.25) is 0 Å². The van der Waals surface area contributed by atoms with Gasteiger partial charge in [-0.1, -0.05) is 0 Å². The maximum atomic E-state index is 11.0. The van der Waals surface area contributed by atoms with E-state index in [-0.39, 0.29) is 0 Å². The first-order chi connectivity index (χ1) is 10.7. The molecule has 0 amide bonds. The number of hydrogen-bond acceptors (Lipinski definition) is 4. The first kappa shape index (κ1) is 14.2. The van der Waals surface area contributed by atoms with Crippen LogP contribution in [0.5, 0.6) is 11.5 Å². The van der Waals surface area contributed by atoms with E-state index < -0.39 is 0 Å². The summed E-state index contributed by atoms with van der Waals surface area (Å²) in [6.07, 6.45) is 0.799. The first-order valence-corrected chi connectivity index (χ1v) is 6.88. The Morgan fingerprint density at radius 3 is 2.50 bits per heavy atom. The van der Waals surface area contributed by atoms with E-state index in [0.29, 0.717) is 16.9 Å². The van der Waals surface area contributed by atoms with E-state index in [9.17, 15) is 4.79 Å². The molecule has 3 rings (SSSR count). The molecule has 0 radical (unpaired) electrons. The molecule has 1 heterocycles. The van der Waals surface area contributed by atoms with Gasteiger partial charge in [-0.15, -0.1) is 0 Å². The largest absolute Gasteiger partial charge is 0.497 e. The van der Waals surface area contributed by atoms with Crippen molar-refractivity contribution in [2.45, 2.75) is 6.92 Å². The Morgan fingerprint density at radius 2 is 1.86 bits per heavy atom. The lowest BCUT2D eigenvalue weighted by Crippen LogP contribution is -1.86. The number of methoxy groups -OCH3 is 2. The number of aryl methyl sites for hydroxylation is 1. The molecule has 0 saturated heterocycles. The van der Waals surface area contributed by atoms with E-state index in [4.69, 9.17) is 13.9 Å². The van der Waals surface area contributed by atoms with Gasteiger partial charge in [0.1, 0.15) is 17.8 Å². The molecular formula is C18H16O4. The normalized spacial score (nSPS) is 10.7. The number of carbonyl (C=O) groups excluding carboxylic acids is 1. The summed E-state index contributed by atoms with van der Waals surface area (Å²) in [4.78, 5) is 11.0. The summed E-state index contributed by atoms with van der Waals surface area (Å²) < 4.78 is 16.5. The number of carbonyl (C=O) groups is 1. The zero-order chi connectivity index (χ0) is 15.7. The Bertz CT molecular complexity index is 846. The third kappa shape index (κ3) is 2.33. The summed E-state index contributed by atoms with van der Waals surface area (Å²) in [6, 6.07) is 11.2. The minimum Gasteiger partial charge on any atom is -0.497 e. The molecule has 0 spiro atoms. The van der Waals surface area contributed by atoms with Crippen LogP contribution in [0, 0.1) is 6.92 Å². The average Bonchev–Trinajstić information content (AvgIpc) is 2.97. The highest BCUT2D eigenvalue weighted by atomic mass is 16.5. The average molecular weight is 296 g/mol. The van der Waals surface area contributed by atoms with Crippen LogP contribution in [0.1, 0.15) is 15.9 Å². The van der Waals surface area contributed by atoms with Crippen LogP contribution in [-0.2, 0) is 0 Å². The second kappa shape index (κ2) is 5.56. The van der Waals surface area contributed by atoms with Crippen LogP contribution in [0.3, 0.4) is 0 Å². The molecule has 4 heteroatoms. The highest BCUT2D eigenvalue weighted by molar-refractivity contribution is 5.93. The van der Waals surface area contributed by atoms with E-state index in [2.05, 4.69) is 0 Å². The van der Waals surface area contributed by atoms with Crippen LogP contribution in [-0.4, -0.2) is 20.5 Å². The van der Waals surface area contributed by atoms with Crippen molar-refractivity contribution in [2.75, 3.05) is 14.2 Å². The smallest absolute Gasteiger partial charge is 0.176 e. The molecule has 3 aromatic rings. The number of hydrogen-bond donors (Lipinski definition) is 0. The number of ether oxygens (including phenoxy) is 2. The van der Waals surface area contributed by atoms with Crippen molar-refractivity contribution in [3.63, 3.8) is 0 Å². The second-order valence-corrected chi connectivity index (χ2v) is 5.05. The van der Waals surface area contributed by atoms with Gasteiger partial charge >= 0.3 is 0 Å². The number of fused-ring (bicyclic) bond motifs is 1. The SMILES string of the molecule is COc1ccc(-c2cc3cc(C=O)cc(OC)c3o2)c(C)c1. The monoisotopic (exact) mass is 296 g/mol. The lowest BCUT2D eigenvalue weighted by molar-refractivity contribution is 0.112. The predicted molar refractivity (Wildman–Crippen MR) is 84.9 cm³/mol. The molecule has 1 aromatic heterocycles. The van der Waals surface area contributed by atoms with Gasteiger partial charge in [0.25, 0.3) is 0 Å². The topological polar surface area (TPSA) is 48.7 Å². The van der Waals surface area contributed by atoms with E-state index in [0.717, 1.165) is 34.3 Å². The fourth-order valence-corrected chi connectivity index (χ4v) is 2.54. The number of furan rings is 1. The van der Waals surface area contributed by atoms with Crippen LogP contribution in [0.25, 0.3) is 22.3 Å². The summed E-state index contributed by atoms with van der Waals surface area (Å²) >= 11 is 0. The minimum atomic E-state index is 0.553. The van der Waals surface area contributed by atoms with Gasteiger partial charge in [-0.2, -0.15) is 0 Å². The Hall–Kier alpha value is -2.75. The summed E-state index contributed by atoms with van der Waals surface area (Å²) in [5, 5.41) is 0.840. The maximum absolute atomic E-state index is 11.0. The predicted octanol–water partition coefficient (Wildman–Crippen LogP) is 4.24. The van der Waals surface area contributed by atoms with Crippen molar-refractivity contribution >= 4 is 17.3 Å². The third-order valence-corrected chi connectivity index (χ3v) is 3.66. The molecule has 0 bridgehead atoms. The van der Waals surface area contributed by atoms with Gasteiger partial charge in [-0.3, -0.25) is 4.79 Å². The van der Waals surface area contributed by atoms with E-state index in [1.165, 1.54) is 0 Å². The third-order valence-electron chi connectivity index (χ3n) is 3.66. The van der Waals surface area contributed by atoms with Gasteiger partial charge in [-0.05, 0) is 48.9 Å². The number of rotatable bonds is 4. The summed E-state index contributed by atoms with van der Waals surface area (Å²) in [6.45, 7) is 2.00. The van der Waals surface area contributed by atoms with Gasteiger partial charge in [-0.25, -0.2) is 0 Å². The molecule has 0 aliphatic carbocycles. The number of aldehydes is 1. The highest BCUT2D eigenvalue weighted by Gasteiger charge is 2.14. The highest BCUT2D eigenvalue weighted by Crippen LogP contribution is 2.36. The first-order valence-electron chi connectivity index (χ1n) is 6.88. The van der Waals surface area contributed by atoms with Gasteiger partial charge in [0, 0.05) is 16.5 Å². The van der Waals surface area contributed by atoms with Gasteiger partial charge in [0.2, 0.25) is 0 Å². The molecule has 0 aliphatic rings. The molecule has 0 unspecified atom stereocenters. The van der Waals surface area contributed by atoms with Gasteiger partial charge in [0.05, 0.1) is 14.2 Å². The standard InChI is InChI=1S/C18H16O4/c1-11-6-14(20-2)4-5-15(11)16-9-13-7-12(10-19)8-17(21-3)18(13)22-16/h4-10H,1-3H3. The van der Waals surface area contributed by atoms with Crippen LogP contribution < -0.4 is 9.47 Å². The van der Waals surface area contributed by atoms with Crippen molar-refractivity contribution in [3.05, 3.63) is 47.5 Å². The zero-order valence-electron chi connectivity index (χ0n) is 12.7. The van der Waals surface area contributed by atoms with Gasteiger partial charge in [0.15, 0.2) is 11.3 Å². The molecule has 4 nitrogen and oxygen atoms in total. The van der Waals surface area contributed by atoms with Crippen LogP contribution in [0.4, 0.5) is 0 Å². The lowest BCUT2D eigenvalue weighted by atomic mass is 10.1. The summed E-state index contributed by atoms with van der Waals surface area (Å²) in [5.74, 6) is 2.09. The van der Waals surface area contributed by atoms with Gasteiger partial charge < -0.3 is 13.9 Å². The van der Waals surface area contributed by atoms with Crippen molar-refractivity contribution in [1.82, 2.24) is 0 Å². The number of benzene rings is 2.